The number of carbonyl (C=O) groups is 2. The van der Waals surface area contributed by atoms with E-state index >= 15 is 0 Å². The molecule has 4 heteroatoms. The van der Waals surface area contributed by atoms with Crippen LogP contribution in [0.5, 0.6) is 0 Å². The van der Waals surface area contributed by atoms with Gasteiger partial charge in [-0.15, -0.1) is 0 Å². The molecule has 0 aromatic heterocycles. The number of rotatable bonds is 7. The van der Waals surface area contributed by atoms with Crippen molar-refractivity contribution in [3.63, 3.8) is 0 Å². The molecule has 1 aromatic rings. The smallest absolute Gasteiger partial charge is 0.305 e. The van der Waals surface area contributed by atoms with Gasteiger partial charge in [-0.3, -0.25) is 9.59 Å². The lowest BCUT2D eigenvalue weighted by Crippen LogP contribution is -2.35. The number of hydrogen-bond donors (Lipinski definition) is 2. The van der Waals surface area contributed by atoms with Crippen molar-refractivity contribution >= 4 is 11.9 Å². The van der Waals surface area contributed by atoms with E-state index in [-0.39, 0.29) is 24.3 Å². The molecular formula is C16H23NO3. The lowest BCUT2D eigenvalue weighted by molar-refractivity contribution is -0.137. The Morgan fingerprint density at radius 1 is 1.10 bits per heavy atom. The molecule has 0 radical (unpaired) electrons. The van der Waals surface area contributed by atoms with E-state index in [1.54, 1.807) is 6.92 Å². The predicted molar refractivity (Wildman–Crippen MR) is 78.5 cm³/mol. The molecule has 1 rings (SSSR count). The van der Waals surface area contributed by atoms with Crippen LogP contribution in [0.3, 0.4) is 0 Å². The fourth-order valence-corrected chi connectivity index (χ4v) is 2.29. The summed E-state index contributed by atoms with van der Waals surface area (Å²) in [6.45, 7) is 5.89. The van der Waals surface area contributed by atoms with Gasteiger partial charge in [-0.05, 0) is 24.3 Å². The Morgan fingerprint density at radius 3 is 2.20 bits per heavy atom. The van der Waals surface area contributed by atoms with Crippen LogP contribution in [0, 0.1) is 5.92 Å². The molecule has 2 unspecified atom stereocenters. The third-order valence-corrected chi connectivity index (χ3v) is 3.33. The van der Waals surface area contributed by atoms with Crippen molar-refractivity contribution in [2.45, 2.75) is 45.6 Å². The number of carbonyl (C=O) groups excluding carboxylic acids is 1. The van der Waals surface area contributed by atoms with E-state index in [9.17, 15) is 9.59 Å². The highest BCUT2D eigenvalue weighted by Crippen LogP contribution is 2.27. The van der Waals surface area contributed by atoms with E-state index < -0.39 is 5.97 Å². The largest absolute Gasteiger partial charge is 0.481 e. The zero-order valence-electron chi connectivity index (χ0n) is 12.3. The third-order valence-electron chi connectivity index (χ3n) is 3.33. The summed E-state index contributed by atoms with van der Waals surface area (Å²) in [5.41, 5.74) is 1.14. The highest BCUT2D eigenvalue weighted by atomic mass is 16.4. The van der Waals surface area contributed by atoms with E-state index in [0.717, 1.165) is 5.56 Å². The minimum Gasteiger partial charge on any atom is -0.481 e. The number of benzene rings is 1. The molecule has 0 aliphatic heterocycles. The van der Waals surface area contributed by atoms with Crippen molar-refractivity contribution in [2.75, 3.05) is 0 Å². The zero-order valence-corrected chi connectivity index (χ0v) is 12.3. The van der Waals surface area contributed by atoms with Crippen LogP contribution in [0.1, 0.15) is 45.1 Å². The van der Waals surface area contributed by atoms with Crippen LogP contribution in [-0.4, -0.2) is 23.0 Å². The van der Waals surface area contributed by atoms with Crippen LogP contribution in [0.4, 0.5) is 0 Å². The van der Waals surface area contributed by atoms with Gasteiger partial charge in [0.05, 0.1) is 6.42 Å². The van der Waals surface area contributed by atoms with Crippen molar-refractivity contribution in [1.29, 1.82) is 0 Å². The molecule has 0 bridgehead atoms. The molecule has 0 saturated heterocycles. The van der Waals surface area contributed by atoms with Crippen LogP contribution >= 0.6 is 0 Å². The van der Waals surface area contributed by atoms with Crippen molar-refractivity contribution in [2.24, 2.45) is 5.92 Å². The van der Waals surface area contributed by atoms with Gasteiger partial charge in [0, 0.05) is 12.5 Å². The minimum absolute atomic E-state index is 0.0522. The highest BCUT2D eigenvalue weighted by Gasteiger charge is 2.20. The number of aliphatic carboxylic acids is 1. The average molecular weight is 277 g/mol. The fourth-order valence-electron chi connectivity index (χ4n) is 2.29. The Bertz CT molecular complexity index is 442. The summed E-state index contributed by atoms with van der Waals surface area (Å²) < 4.78 is 0. The Hall–Kier alpha value is -1.84. The summed E-state index contributed by atoms with van der Waals surface area (Å²) in [7, 11) is 0. The first-order chi connectivity index (χ1) is 9.40. The van der Waals surface area contributed by atoms with Gasteiger partial charge in [-0.2, -0.15) is 0 Å². The first-order valence-electron chi connectivity index (χ1n) is 6.96. The maximum Gasteiger partial charge on any atom is 0.305 e. The zero-order chi connectivity index (χ0) is 15.1. The van der Waals surface area contributed by atoms with Crippen molar-refractivity contribution in [1.82, 2.24) is 5.32 Å². The molecular weight excluding hydrogens is 254 g/mol. The summed E-state index contributed by atoms with van der Waals surface area (Å²) in [6, 6.07) is 9.60. The van der Waals surface area contributed by atoms with E-state index in [1.165, 1.54) is 0 Å². The second-order valence-corrected chi connectivity index (χ2v) is 5.53. The molecule has 20 heavy (non-hydrogen) atoms. The predicted octanol–water partition coefficient (Wildman–Crippen LogP) is 2.80. The van der Waals surface area contributed by atoms with Crippen molar-refractivity contribution in [3.8, 4) is 0 Å². The average Bonchev–Trinajstić information content (AvgIpc) is 2.35. The Labute approximate surface area is 120 Å². The second-order valence-electron chi connectivity index (χ2n) is 5.53. The lowest BCUT2D eigenvalue weighted by atomic mass is 9.85. The molecule has 0 aliphatic carbocycles. The van der Waals surface area contributed by atoms with Crippen molar-refractivity contribution in [3.05, 3.63) is 35.9 Å². The van der Waals surface area contributed by atoms with Gasteiger partial charge in [0.15, 0.2) is 0 Å². The van der Waals surface area contributed by atoms with Gasteiger partial charge >= 0.3 is 5.97 Å². The molecule has 1 aromatic carbocycles. The van der Waals surface area contributed by atoms with Gasteiger partial charge in [0.1, 0.15) is 0 Å². The van der Waals surface area contributed by atoms with E-state index in [1.807, 2.05) is 30.3 Å². The molecule has 4 nitrogen and oxygen atoms in total. The van der Waals surface area contributed by atoms with Gasteiger partial charge in [0.2, 0.25) is 5.91 Å². The number of amides is 1. The van der Waals surface area contributed by atoms with Gasteiger partial charge in [0.25, 0.3) is 0 Å². The van der Waals surface area contributed by atoms with Gasteiger partial charge in [-0.1, -0.05) is 44.2 Å². The fraction of sp³-hybridized carbons (Fsp3) is 0.500. The van der Waals surface area contributed by atoms with E-state index in [2.05, 4.69) is 19.2 Å². The first-order valence-corrected chi connectivity index (χ1v) is 6.96. The second kappa shape index (κ2) is 7.68. The Balaban J connectivity index is 2.63. The molecule has 0 fully saturated rings. The number of carboxylic acids is 1. The number of carboxylic acid groups (broad SMARTS) is 1. The minimum atomic E-state index is -0.902. The third kappa shape index (κ3) is 5.43. The van der Waals surface area contributed by atoms with Crippen LogP contribution in [0.2, 0.25) is 0 Å². The quantitative estimate of drug-likeness (QED) is 0.805. The number of hydrogen-bond acceptors (Lipinski definition) is 2. The van der Waals surface area contributed by atoms with Crippen LogP contribution < -0.4 is 5.32 Å². The van der Waals surface area contributed by atoms with Crippen LogP contribution in [-0.2, 0) is 9.59 Å². The van der Waals surface area contributed by atoms with Crippen LogP contribution in [0.15, 0.2) is 30.3 Å². The molecule has 0 spiro atoms. The maximum absolute atomic E-state index is 12.0. The molecule has 110 valence electrons. The maximum atomic E-state index is 12.0. The summed E-state index contributed by atoms with van der Waals surface area (Å²) in [5, 5.41) is 11.4. The molecule has 1 amide bonds. The topological polar surface area (TPSA) is 66.4 Å². The Kier molecular flexibility index (Phi) is 6.22. The standard InChI is InChI=1S/C16H23NO3/c1-11(2)14(13-7-5-4-6-8-13)10-15(18)17-12(3)9-16(19)20/h4-8,11-12,14H,9-10H2,1-3H3,(H,17,18)(H,19,20). The van der Waals surface area contributed by atoms with Crippen LogP contribution in [0.25, 0.3) is 0 Å². The summed E-state index contributed by atoms with van der Waals surface area (Å²) in [5.74, 6) is -0.506. The molecule has 0 heterocycles. The van der Waals surface area contributed by atoms with Crippen molar-refractivity contribution < 1.29 is 14.7 Å². The summed E-state index contributed by atoms with van der Waals surface area (Å²) in [6.07, 6.45) is 0.328. The van der Waals surface area contributed by atoms with E-state index in [4.69, 9.17) is 5.11 Å². The first kappa shape index (κ1) is 16.2. The summed E-state index contributed by atoms with van der Waals surface area (Å²) >= 11 is 0. The lowest BCUT2D eigenvalue weighted by Gasteiger charge is -2.22. The monoisotopic (exact) mass is 277 g/mol. The normalized spacial score (nSPS) is 13.8. The van der Waals surface area contributed by atoms with Gasteiger partial charge < -0.3 is 10.4 Å². The molecule has 2 N–H and O–H groups in total. The molecule has 0 saturated carbocycles. The van der Waals surface area contributed by atoms with E-state index in [0.29, 0.717) is 12.3 Å². The van der Waals surface area contributed by atoms with Gasteiger partial charge in [-0.25, -0.2) is 0 Å². The summed E-state index contributed by atoms with van der Waals surface area (Å²) in [4.78, 5) is 22.6. The SMILES string of the molecule is CC(CC(=O)O)NC(=O)CC(c1ccccc1)C(C)C. The molecule has 2 atom stereocenters. The molecule has 0 aliphatic rings. The Morgan fingerprint density at radius 2 is 1.70 bits per heavy atom. The highest BCUT2D eigenvalue weighted by molar-refractivity contribution is 5.78. The number of nitrogens with one attached hydrogen (secondary N) is 1.